The summed E-state index contributed by atoms with van der Waals surface area (Å²) in [5.74, 6) is 1.07. The molecule has 3 aromatic carbocycles. The first-order chi connectivity index (χ1) is 13.6. The lowest BCUT2D eigenvalue weighted by Gasteiger charge is -2.07. The lowest BCUT2D eigenvalue weighted by molar-refractivity contribution is 0.0976. The molecule has 0 saturated heterocycles. The molecule has 6 nitrogen and oxygen atoms in total. The minimum Gasteiger partial charge on any atom is -0.497 e. The van der Waals surface area contributed by atoms with E-state index in [0.717, 1.165) is 11.3 Å². The average Bonchev–Trinajstić information content (AvgIpc) is 2.74. The Kier molecular flexibility index (Phi) is 6.25. The Labute approximate surface area is 163 Å². The molecule has 3 rings (SSSR count). The van der Waals surface area contributed by atoms with Crippen LogP contribution in [-0.4, -0.2) is 19.0 Å². The van der Waals surface area contributed by atoms with Crippen LogP contribution in [-0.2, 0) is 6.61 Å². The van der Waals surface area contributed by atoms with Gasteiger partial charge in [0, 0.05) is 5.56 Å². The van der Waals surface area contributed by atoms with Crippen LogP contribution >= 0.6 is 0 Å². The fourth-order valence-electron chi connectivity index (χ4n) is 2.46. The van der Waals surface area contributed by atoms with Crippen molar-refractivity contribution < 1.29 is 14.3 Å². The van der Waals surface area contributed by atoms with Crippen molar-refractivity contribution in [1.82, 2.24) is 5.32 Å². The molecule has 0 aliphatic heterocycles. The van der Waals surface area contributed by atoms with E-state index in [1.54, 1.807) is 55.6 Å². The maximum atomic E-state index is 12.2. The van der Waals surface area contributed by atoms with Gasteiger partial charge in [0.1, 0.15) is 18.1 Å². The van der Waals surface area contributed by atoms with Crippen LogP contribution in [0.15, 0.2) is 83.9 Å². The van der Waals surface area contributed by atoms with E-state index in [1.807, 2.05) is 30.3 Å². The Balaban J connectivity index is 1.56. The number of benzene rings is 3. The second kappa shape index (κ2) is 9.23. The summed E-state index contributed by atoms with van der Waals surface area (Å²) in [5, 5.41) is 2.56. The number of carbonyl (C=O) groups is 1. The Morgan fingerprint density at radius 1 is 0.929 bits per heavy atom. The van der Waals surface area contributed by atoms with Crippen LogP contribution in [0.1, 0.15) is 15.9 Å². The minimum atomic E-state index is -0.341. The summed E-state index contributed by atoms with van der Waals surface area (Å²) in [7, 11) is 1.57. The number of rotatable bonds is 6. The van der Waals surface area contributed by atoms with Gasteiger partial charge in [0.25, 0.3) is 5.91 Å². The zero-order chi connectivity index (χ0) is 19.8. The molecule has 6 heteroatoms. The monoisotopic (exact) mass is 375 g/mol. The largest absolute Gasteiger partial charge is 0.497 e. The number of carbonyl (C=O) groups excluding carboxylic acids is 1. The van der Waals surface area contributed by atoms with Crippen molar-refractivity contribution in [2.24, 2.45) is 10.7 Å². The number of hydrogen-bond acceptors (Lipinski definition) is 4. The van der Waals surface area contributed by atoms with E-state index in [4.69, 9.17) is 15.2 Å². The first-order valence-corrected chi connectivity index (χ1v) is 8.70. The number of ether oxygens (including phenoxy) is 2. The van der Waals surface area contributed by atoms with Crippen molar-refractivity contribution in [2.75, 3.05) is 7.11 Å². The van der Waals surface area contributed by atoms with Crippen molar-refractivity contribution in [1.29, 1.82) is 0 Å². The molecule has 142 valence electrons. The maximum absolute atomic E-state index is 12.2. The molecule has 0 heterocycles. The minimum absolute atomic E-state index is 0.0128. The fourth-order valence-corrected chi connectivity index (χ4v) is 2.46. The van der Waals surface area contributed by atoms with Crippen LogP contribution in [0.3, 0.4) is 0 Å². The molecule has 28 heavy (non-hydrogen) atoms. The molecular formula is C22H21N3O3. The first kappa shape index (κ1) is 19.0. The normalized spacial score (nSPS) is 11.0. The third kappa shape index (κ3) is 5.35. The van der Waals surface area contributed by atoms with Crippen LogP contribution in [0.5, 0.6) is 11.5 Å². The van der Waals surface area contributed by atoms with Gasteiger partial charge in [-0.1, -0.05) is 30.3 Å². The summed E-state index contributed by atoms with van der Waals surface area (Å²) in [6.45, 7) is 0.490. The molecule has 3 aromatic rings. The van der Waals surface area contributed by atoms with Crippen LogP contribution in [0.2, 0.25) is 0 Å². The van der Waals surface area contributed by atoms with Crippen molar-refractivity contribution in [3.63, 3.8) is 0 Å². The van der Waals surface area contributed by atoms with Crippen molar-refractivity contribution in [2.45, 2.75) is 6.61 Å². The van der Waals surface area contributed by atoms with E-state index in [2.05, 4.69) is 10.3 Å². The molecule has 0 aromatic heterocycles. The van der Waals surface area contributed by atoms with Gasteiger partial charge in [0.15, 0.2) is 0 Å². The van der Waals surface area contributed by atoms with Crippen molar-refractivity contribution in [3.8, 4) is 11.5 Å². The van der Waals surface area contributed by atoms with E-state index < -0.39 is 0 Å². The molecule has 0 saturated carbocycles. The topological polar surface area (TPSA) is 85.9 Å². The van der Waals surface area contributed by atoms with Crippen molar-refractivity contribution >= 4 is 17.6 Å². The molecule has 0 spiro atoms. The van der Waals surface area contributed by atoms with E-state index in [0.29, 0.717) is 23.6 Å². The van der Waals surface area contributed by atoms with Gasteiger partial charge in [-0.25, -0.2) is 4.99 Å². The second-order valence-electron chi connectivity index (χ2n) is 5.95. The molecule has 0 aliphatic rings. The highest BCUT2D eigenvalue weighted by Gasteiger charge is 2.07. The number of nitrogens with zero attached hydrogens (tertiary/aromatic N) is 1. The van der Waals surface area contributed by atoms with Crippen LogP contribution in [0, 0.1) is 0 Å². The van der Waals surface area contributed by atoms with Gasteiger partial charge in [-0.2, -0.15) is 0 Å². The highest BCUT2D eigenvalue weighted by molar-refractivity contribution is 6.05. The van der Waals surface area contributed by atoms with E-state index in [-0.39, 0.29) is 11.9 Å². The Bertz CT molecular complexity index is 937. The third-order valence-corrected chi connectivity index (χ3v) is 3.93. The number of hydrogen-bond donors (Lipinski definition) is 2. The van der Waals surface area contributed by atoms with Gasteiger partial charge >= 0.3 is 0 Å². The van der Waals surface area contributed by atoms with E-state index in [1.165, 1.54) is 0 Å². The molecule has 3 N–H and O–H groups in total. The summed E-state index contributed by atoms with van der Waals surface area (Å²) in [6, 6.07) is 23.8. The molecule has 0 aliphatic carbocycles. The second-order valence-corrected chi connectivity index (χ2v) is 5.95. The molecule has 0 fully saturated rings. The molecular weight excluding hydrogens is 354 g/mol. The fraction of sp³-hybridized carbons (Fsp3) is 0.0909. The predicted molar refractivity (Wildman–Crippen MR) is 109 cm³/mol. The number of guanidine groups is 1. The van der Waals surface area contributed by atoms with Gasteiger partial charge in [-0.05, 0) is 54.1 Å². The molecule has 0 radical (unpaired) electrons. The number of aliphatic imine (C=N–C) groups is 1. The number of nitrogens with one attached hydrogen (secondary N) is 1. The molecule has 1 amide bonds. The zero-order valence-corrected chi connectivity index (χ0v) is 15.5. The molecule has 0 atom stereocenters. The summed E-state index contributed by atoms with van der Waals surface area (Å²) in [6.07, 6.45) is 0. The van der Waals surface area contributed by atoms with Crippen LogP contribution in [0.4, 0.5) is 5.69 Å². The van der Waals surface area contributed by atoms with Crippen LogP contribution < -0.4 is 20.5 Å². The zero-order valence-electron chi connectivity index (χ0n) is 15.5. The van der Waals surface area contributed by atoms with Gasteiger partial charge in [0.2, 0.25) is 5.96 Å². The SMILES string of the molecule is COc1ccc(C(=O)NC(N)=Nc2ccc(OCc3ccccc3)cc2)cc1. The molecule has 0 unspecified atom stereocenters. The predicted octanol–water partition coefficient (Wildman–Crippen LogP) is 3.65. The van der Waals surface area contributed by atoms with Crippen molar-refractivity contribution in [3.05, 3.63) is 90.0 Å². The quantitative estimate of drug-likeness (QED) is 0.509. The number of nitrogens with two attached hydrogens (primary N) is 1. The highest BCUT2D eigenvalue weighted by Crippen LogP contribution is 2.19. The van der Waals surface area contributed by atoms with Crippen LogP contribution in [0.25, 0.3) is 0 Å². The lowest BCUT2D eigenvalue weighted by atomic mass is 10.2. The Morgan fingerprint density at radius 2 is 1.57 bits per heavy atom. The maximum Gasteiger partial charge on any atom is 0.257 e. The smallest absolute Gasteiger partial charge is 0.257 e. The summed E-state index contributed by atoms with van der Waals surface area (Å²) < 4.78 is 10.8. The molecule has 0 bridgehead atoms. The van der Waals surface area contributed by atoms with E-state index >= 15 is 0 Å². The van der Waals surface area contributed by atoms with Gasteiger partial charge in [-0.3, -0.25) is 10.1 Å². The Hall–Kier alpha value is -3.80. The summed E-state index contributed by atoms with van der Waals surface area (Å²) in [4.78, 5) is 16.4. The number of amides is 1. The lowest BCUT2D eigenvalue weighted by Crippen LogP contribution is -2.36. The average molecular weight is 375 g/mol. The first-order valence-electron chi connectivity index (χ1n) is 8.70. The summed E-state index contributed by atoms with van der Waals surface area (Å²) >= 11 is 0. The Morgan fingerprint density at radius 3 is 2.21 bits per heavy atom. The summed E-state index contributed by atoms with van der Waals surface area (Å²) in [5.41, 5.74) is 8.00. The standard InChI is InChI=1S/C22H21N3O3/c1-27-19-11-7-17(8-12-19)21(26)25-22(23)24-18-9-13-20(14-10-18)28-15-16-5-3-2-4-6-16/h2-14H,15H2,1H3,(H3,23,24,25,26). The van der Waals surface area contributed by atoms with Gasteiger partial charge < -0.3 is 15.2 Å². The number of methoxy groups -OCH3 is 1. The highest BCUT2D eigenvalue weighted by atomic mass is 16.5. The third-order valence-electron chi connectivity index (χ3n) is 3.93. The van der Waals surface area contributed by atoms with Gasteiger partial charge in [-0.15, -0.1) is 0 Å². The van der Waals surface area contributed by atoms with Gasteiger partial charge in [0.05, 0.1) is 12.8 Å². The van der Waals surface area contributed by atoms with E-state index in [9.17, 15) is 4.79 Å².